The van der Waals surface area contributed by atoms with Crippen LogP contribution in [0.3, 0.4) is 0 Å². The van der Waals surface area contributed by atoms with Crippen molar-refractivity contribution in [3.8, 4) is 5.75 Å². The highest BCUT2D eigenvalue weighted by Crippen LogP contribution is 2.43. The first-order chi connectivity index (χ1) is 19.0. The van der Waals surface area contributed by atoms with Crippen molar-refractivity contribution in [1.82, 2.24) is 9.88 Å². The van der Waals surface area contributed by atoms with Gasteiger partial charge in [-0.1, -0.05) is 0 Å². The zero-order chi connectivity index (χ0) is 29.0. The lowest BCUT2D eigenvalue weighted by molar-refractivity contribution is -0.153. The smallest absolute Gasteiger partial charge is 0.309 e. The van der Waals surface area contributed by atoms with E-state index in [1.54, 1.807) is 36.4 Å². The van der Waals surface area contributed by atoms with Gasteiger partial charge in [0.05, 0.1) is 29.9 Å². The van der Waals surface area contributed by atoms with Gasteiger partial charge in [0.25, 0.3) is 0 Å². The fourth-order valence-electron chi connectivity index (χ4n) is 5.23. The van der Waals surface area contributed by atoms with Crippen LogP contribution >= 0.6 is 11.8 Å². The molecule has 1 aliphatic rings. The molecule has 40 heavy (non-hydrogen) atoms. The Morgan fingerprint density at radius 2 is 1.85 bits per heavy atom. The number of carbonyl (C=O) groups is 1. The molecule has 0 saturated carbocycles. The molecule has 0 spiro atoms. The Balaban J connectivity index is 1.40. The molecule has 0 bridgehead atoms. The SMILES string of the molecule is COc1ccc2ncc(N(C)C)c(C(F)CCC3(C(=O)O)CCN(CCSc4cc(F)c(F)c(F)c4)CC3)c2c1. The molecule has 11 heteroatoms. The number of methoxy groups -OCH3 is 1. The normalized spacial score (nSPS) is 16.2. The molecule has 1 aromatic heterocycles. The predicted molar refractivity (Wildman–Crippen MR) is 148 cm³/mol. The minimum absolute atomic E-state index is 0.0427. The van der Waals surface area contributed by atoms with E-state index in [0.717, 1.165) is 12.1 Å². The van der Waals surface area contributed by atoms with Gasteiger partial charge in [-0.3, -0.25) is 9.78 Å². The third-order valence-electron chi connectivity index (χ3n) is 7.67. The lowest BCUT2D eigenvalue weighted by atomic mass is 9.74. The number of piperidine rings is 1. The second-order valence-corrected chi connectivity index (χ2v) is 11.5. The molecule has 2 heterocycles. The van der Waals surface area contributed by atoms with E-state index >= 15 is 4.39 Å². The van der Waals surface area contributed by atoms with E-state index in [2.05, 4.69) is 9.88 Å². The Bertz CT molecular complexity index is 1340. The Morgan fingerprint density at radius 3 is 2.45 bits per heavy atom. The molecule has 6 nitrogen and oxygen atoms in total. The summed E-state index contributed by atoms with van der Waals surface area (Å²) in [5.41, 5.74) is 0.688. The summed E-state index contributed by atoms with van der Waals surface area (Å²) >= 11 is 1.20. The molecule has 1 atom stereocenters. The van der Waals surface area contributed by atoms with Crippen LogP contribution in [0.5, 0.6) is 5.75 Å². The highest BCUT2D eigenvalue weighted by Gasteiger charge is 2.42. The summed E-state index contributed by atoms with van der Waals surface area (Å²) in [6, 6.07) is 7.23. The number of nitrogens with zero attached hydrogens (tertiary/aromatic N) is 3. The van der Waals surface area contributed by atoms with Crippen molar-refractivity contribution in [3.05, 3.63) is 59.5 Å². The van der Waals surface area contributed by atoms with Gasteiger partial charge in [-0.25, -0.2) is 17.6 Å². The third-order valence-corrected chi connectivity index (χ3v) is 8.62. The van der Waals surface area contributed by atoms with Crippen LogP contribution in [0, 0.1) is 22.9 Å². The van der Waals surface area contributed by atoms with Gasteiger partial charge in [0.15, 0.2) is 17.5 Å². The second-order valence-electron chi connectivity index (χ2n) is 10.3. The number of alkyl halides is 1. The van der Waals surface area contributed by atoms with E-state index in [1.165, 1.54) is 11.8 Å². The van der Waals surface area contributed by atoms with E-state index in [1.807, 2.05) is 14.1 Å². The lowest BCUT2D eigenvalue weighted by Gasteiger charge is -2.39. The van der Waals surface area contributed by atoms with Crippen LogP contribution in [0.1, 0.15) is 37.4 Å². The second kappa shape index (κ2) is 12.6. The van der Waals surface area contributed by atoms with Crippen molar-refractivity contribution in [2.75, 3.05) is 51.5 Å². The fraction of sp³-hybridized carbons (Fsp3) is 0.448. The number of fused-ring (bicyclic) bond motifs is 1. The van der Waals surface area contributed by atoms with E-state index in [4.69, 9.17) is 4.74 Å². The molecular formula is C29H33F4N3O3S. The average molecular weight is 580 g/mol. The molecule has 4 rings (SSSR count). The number of thioether (sulfide) groups is 1. The van der Waals surface area contributed by atoms with Crippen molar-refractivity contribution >= 4 is 34.3 Å². The summed E-state index contributed by atoms with van der Waals surface area (Å²) in [4.78, 5) is 21.0. The first kappa shape index (κ1) is 29.9. The molecule has 1 N–H and O–H groups in total. The molecule has 1 aliphatic heterocycles. The van der Waals surface area contributed by atoms with Crippen LogP contribution in [-0.4, -0.2) is 67.6 Å². The number of rotatable bonds is 11. The molecule has 3 aromatic rings. The summed E-state index contributed by atoms with van der Waals surface area (Å²) in [5.74, 6) is -3.79. The molecule has 216 valence electrons. The Kier molecular flexibility index (Phi) is 9.45. The summed E-state index contributed by atoms with van der Waals surface area (Å²) < 4.78 is 61.5. The van der Waals surface area contributed by atoms with Crippen molar-refractivity contribution in [3.63, 3.8) is 0 Å². The quantitative estimate of drug-likeness (QED) is 0.159. The maximum atomic E-state index is 16.0. The van der Waals surface area contributed by atoms with E-state index in [0.29, 0.717) is 71.0 Å². The number of carboxylic acids is 1. The average Bonchev–Trinajstić information content (AvgIpc) is 2.94. The van der Waals surface area contributed by atoms with Gasteiger partial charge in [0, 0.05) is 42.2 Å². The molecule has 0 amide bonds. The highest BCUT2D eigenvalue weighted by atomic mass is 32.2. The zero-order valence-electron chi connectivity index (χ0n) is 22.7. The molecule has 1 unspecified atom stereocenters. The van der Waals surface area contributed by atoms with Crippen molar-refractivity contribution in [2.24, 2.45) is 5.41 Å². The number of aliphatic carboxylic acids is 1. The standard InChI is InChI=1S/C29H33F4N3O3S/c1-35(2)25-17-34-24-5-4-18(39-3)14-20(24)26(25)21(30)6-7-29(28(37)38)8-10-36(11-9-29)12-13-40-19-15-22(31)27(33)23(32)16-19/h4-5,14-17,21H,6-13H2,1-3H3,(H,37,38). The van der Waals surface area contributed by atoms with Crippen LogP contribution in [0.4, 0.5) is 23.2 Å². The summed E-state index contributed by atoms with van der Waals surface area (Å²) in [6.45, 7) is 1.59. The molecule has 1 fully saturated rings. The van der Waals surface area contributed by atoms with Gasteiger partial charge < -0.3 is 19.6 Å². The minimum Gasteiger partial charge on any atom is -0.497 e. The number of anilines is 1. The lowest BCUT2D eigenvalue weighted by Crippen LogP contribution is -2.45. The number of ether oxygens (including phenoxy) is 1. The molecule has 0 aliphatic carbocycles. The maximum Gasteiger partial charge on any atom is 0.309 e. The number of hydrogen-bond acceptors (Lipinski definition) is 6. The first-order valence-electron chi connectivity index (χ1n) is 13.1. The Hall–Kier alpha value is -3.05. The van der Waals surface area contributed by atoms with Gasteiger partial charge in [-0.05, 0) is 69.1 Å². The van der Waals surface area contributed by atoms with Crippen molar-refractivity contribution < 1.29 is 32.2 Å². The van der Waals surface area contributed by atoms with Crippen LogP contribution < -0.4 is 9.64 Å². The summed E-state index contributed by atoms with van der Waals surface area (Å²) in [5, 5.41) is 10.8. The van der Waals surface area contributed by atoms with E-state index in [-0.39, 0.29) is 12.8 Å². The molecular weight excluding hydrogens is 546 g/mol. The van der Waals surface area contributed by atoms with Gasteiger partial charge in [-0.2, -0.15) is 0 Å². The number of halogens is 4. The number of carboxylic acid groups (broad SMARTS) is 1. The van der Waals surface area contributed by atoms with Crippen LogP contribution in [-0.2, 0) is 4.79 Å². The van der Waals surface area contributed by atoms with Gasteiger partial charge in [-0.15, -0.1) is 11.8 Å². The Labute approximate surface area is 235 Å². The number of hydrogen-bond donors (Lipinski definition) is 1. The number of pyridine rings is 1. The van der Waals surface area contributed by atoms with E-state index in [9.17, 15) is 23.1 Å². The number of benzene rings is 2. The largest absolute Gasteiger partial charge is 0.497 e. The Morgan fingerprint density at radius 1 is 1.18 bits per heavy atom. The van der Waals surface area contributed by atoms with E-state index < -0.39 is 35.0 Å². The fourth-order valence-corrected chi connectivity index (χ4v) is 6.18. The van der Waals surface area contributed by atoms with Gasteiger partial charge >= 0.3 is 5.97 Å². The summed E-state index contributed by atoms with van der Waals surface area (Å²) in [6.07, 6.45) is 1.18. The van der Waals surface area contributed by atoms with Gasteiger partial charge in [0.2, 0.25) is 0 Å². The third kappa shape index (κ3) is 6.46. The van der Waals surface area contributed by atoms with Crippen LogP contribution in [0.15, 0.2) is 41.4 Å². The predicted octanol–water partition coefficient (Wildman–Crippen LogP) is 6.48. The topological polar surface area (TPSA) is 65.9 Å². The molecule has 1 saturated heterocycles. The van der Waals surface area contributed by atoms with Crippen LogP contribution in [0.25, 0.3) is 10.9 Å². The number of likely N-dealkylation sites (tertiary alicyclic amines) is 1. The summed E-state index contributed by atoms with van der Waals surface area (Å²) in [7, 11) is 5.17. The minimum atomic E-state index is -1.49. The first-order valence-corrected chi connectivity index (χ1v) is 14.0. The van der Waals surface area contributed by atoms with Crippen LogP contribution in [0.2, 0.25) is 0 Å². The highest BCUT2D eigenvalue weighted by molar-refractivity contribution is 7.99. The molecule has 2 aromatic carbocycles. The molecule has 0 radical (unpaired) electrons. The monoisotopic (exact) mass is 579 g/mol. The van der Waals surface area contributed by atoms with Crippen molar-refractivity contribution in [1.29, 1.82) is 0 Å². The zero-order valence-corrected chi connectivity index (χ0v) is 23.5. The maximum absolute atomic E-state index is 16.0. The van der Waals surface area contributed by atoms with Crippen molar-refractivity contribution in [2.45, 2.75) is 36.8 Å². The van der Waals surface area contributed by atoms with Gasteiger partial charge in [0.1, 0.15) is 11.9 Å². The number of aromatic nitrogens is 1.